The molecule has 1 nitrogen and oxygen atoms in total. The monoisotopic (exact) mass is 289 g/mol. The fraction of sp³-hybridized carbons (Fsp3) is 0.583. The van der Waals surface area contributed by atoms with Crippen molar-refractivity contribution in [2.45, 2.75) is 37.9 Å². The van der Waals surface area contributed by atoms with Gasteiger partial charge in [-0.2, -0.15) is 0 Å². The SMILES string of the molecule is CCCC(C)C(Br)Cc1ccncc1Cl. The van der Waals surface area contributed by atoms with Crippen LogP contribution in [0.4, 0.5) is 0 Å². The summed E-state index contributed by atoms with van der Waals surface area (Å²) in [4.78, 5) is 4.48. The van der Waals surface area contributed by atoms with Crippen LogP contribution in [0.25, 0.3) is 0 Å². The molecular weight excluding hydrogens is 273 g/mol. The van der Waals surface area contributed by atoms with Gasteiger partial charge in [-0.3, -0.25) is 4.98 Å². The van der Waals surface area contributed by atoms with Gasteiger partial charge in [-0.05, 0) is 30.4 Å². The van der Waals surface area contributed by atoms with Gasteiger partial charge >= 0.3 is 0 Å². The standard InChI is InChI=1S/C12H17BrClN/c1-3-4-9(2)11(13)7-10-5-6-15-8-12(10)14/h5-6,8-9,11H,3-4,7H2,1-2H3. The number of nitrogens with zero attached hydrogens (tertiary/aromatic N) is 1. The lowest BCUT2D eigenvalue weighted by Gasteiger charge is -2.18. The van der Waals surface area contributed by atoms with Crippen molar-refractivity contribution in [1.82, 2.24) is 4.98 Å². The van der Waals surface area contributed by atoms with Gasteiger partial charge in [0.15, 0.2) is 0 Å². The van der Waals surface area contributed by atoms with Crippen LogP contribution in [-0.2, 0) is 6.42 Å². The minimum atomic E-state index is 0.498. The van der Waals surface area contributed by atoms with Crippen molar-refractivity contribution in [2.75, 3.05) is 0 Å². The van der Waals surface area contributed by atoms with Crippen molar-refractivity contribution in [2.24, 2.45) is 5.92 Å². The average molecular weight is 291 g/mol. The predicted molar refractivity (Wildman–Crippen MR) is 69.7 cm³/mol. The Morgan fingerprint density at radius 3 is 2.87 bits per heavy atom. The summed E-state index contributed by atoms with van der Waals surface area (Å²) in [5, 5.41) is 0.769. The van der Waals surface area contributed by atoms with Gasteiger partial charge in [-0.1, -0.05) is 47.8 Å². The van der Waals surface area contributed by atoms with E-state index in [0.29, 0.717) is 10.7 Å². The van der Waals surface area contributed by atoms with E-state index in [0.717, 1.165) is 11.4 Å². The molecule has 0 N–H and O–H groups in total. The van der Waals surface area contributed by atoms with E-state index in [1.807, 2.05) is 6.07 Å². The highest BCUT2D eigenvalue weighted by Gasteiger charge is 2.14. The Morgan fingerprint density at radius 2 is 2.27 bits per heavy atom. The minimum absolute atomic E-state index is 0.498. The summed E-state index contributed by atoms with van der Waals surface area (Å²) >= 11 is 9.80. The molecule has 1 rings (SSSR count). The van der Waals surface area contributed by atoms with Crippen LogP contribution in [-0.4, -0.2) is 9.81 Å². The summed E-state index contributed by atoms with van der Waals surface area (Å²) in [5.74, 6) is 0.680. The highest BCUT2D eigenvalue weighted by atomic mass is 79.9. The van der Waals surface area contributed by atoms with Crippen LogP contribution in [0.2, 0.25) is 5.02 Å². The number of halogens is 2. The summed E-state index contributed by atoms with van der Waals surface area (Å²) < 4.78 is 0. The number of alkyl halides is 1. The summed E-state index contributed by atoms with van der Waals surface area (Å²) in [6, 6.07) is 2.00. The third kappa shape index (κ3) is 4.12. The van der Waals surface area contributed by atoms with Crippen LogP contribution in [0.5, 0.6) is 0 Å². The van der Waals surface area contributed by atoms with E-state index >= 15 is 0 Å². The van der Waals surface area contributed by atoms with Crippen molar-refractivity contribution in [3.63, 3.8) is 0 Å². The van der Waals surface area contributed by atoms with E-state index < -0.39 is 0 Å². The predicted octanol–water partition coefficient (Wildman–Crippen LogP) is 4.48. The summed E-state index contributed by atoms with van der Waals surface area (Å²) in [7, 11) is 0. The van der Waals surface area contributed by atoms with Gasteiger partial charge in [-0.15, -0.1) is 0 Å². The fourth-order valence-corrected chi connectivity index (χ4v) is 2.43. The Labute approximate surface area is 105 Å². The molecule has 2 atom stereocenters. The molecule has 0 aliphatic heterocycles. The van der Waals surface area contributed by atoms with E-state index in [2.05, 4.69) is 34.8 Å². The molecule has 1 aromatic heterocycles. The van der Waals surface area contributed by atoms with Crippen molar-refractivity contribution in [3.8, 4) is 0 Å². The number of hydrogen-bond donors (Lipinski definition) is 0. The van der Waals surface area contributed by atoms with Gasteiger partial charge in [-0.25, -0.2) is 0 Å². The van der Waals surface area contributed by atoms with Crippen LogP contribution in [0.15, 0.2) is 18.5 Å². The summed E-state index contributed by atoms with van der Waals surface area (Å²) in [6.07, 6.45) is 6.96. The lowest BCUT2D eigenvalue weighted by molar-refractivity contribution is 0.505. The van der Waals surface area contributed by atoms with Gasteiger partial charge in [0.2, 0.25) is 0 Å². The average Bonchev–Trinajstić information content (AvgIpc) is 2.21. The van der Waals surface area contributed by atoms with Crippen LogP contribution < -0.4 is 0 Å². The zero-order chi connectivity index (χ0) is 11.3. The first-order valence-corrected chi connectivity index (χ1v) is 6.67. The zero-order valence-corrected chi connectivity index (χ0v) is 11.6. The molecule has 1 aromatic rings. The molecule has 0 saturated carbocycles. The molecule has 2 unspecified atom stereocenters. The fourth-order valence-electron chi connectivity index (χ4n) is 1.62. The Bertz CT molecular complexity index is 303. The second kappa shape index (κ2) is 6.49. The maximum absolute atomic E-state index is 6.07. The van der Waals surface area contributed by atoms with E-state index in [9.17, 15) is 0 Å². The first kappa shape index (κ1) is 13.0. The van der Waals surface area contributed by atoms with Crippen LogP contribution >= 0.6 is 27.5 Å². The second-order valence-corrected chi connectivity index (χ2v) is 5.54. The third-order valence-corrected chi connectivity index (χ3v) is 4.20. The molecule has 0 bridgehead atoms. The first-order chi connectivity index (χ1) is 7.15. The highest BCUT2D eigenvalue weighted by Crippen LogP contribution is 2.24. The molecule has 15 heavy (non-hydrogen) atoms. The largest absolute Gasteiger partial charge is 0.263 e. The first-order valence-electron chi connectivity index (χ1n) is 5.37. The molecule has 0 amide bonds. The highest BCUT2D eigenvalue weighted by molar-refractivity contribution is 9.09. The molecule has 0 aliphatic rings. The minimum Gasteiger partial charge on any atom is -0.263 e. The van der Waals surface area contributed by atoms with Crippen LogP contribution in [0.1, 0.15) is 32.3 Å². The van der Waals surface area contributed by atoms with Gasteiger partial charge in [0.05, 0.1) is 5.02 Å². The Morgan fingerprint density at radius 1 is 1.53 bits per heavy atom. The molecule has 84 valence electrons. The van der Waals surface area contributed by atoms with Crippen LogP contribution in [0.3, 0.4) is 0 Å². The van der Waals surface area contributed by atoms with Gasteiger partial charge in [0.1, 0.15) is 0 Å². The molecular formula is C12H17BrClN. The number of aromatic nitrogens is 1. The quantitative estimate of drug-likeness (QED) is 0.729. The maximum atomic E-state index is 6.07. The molecule has 1 heterocycles. The lowest BCUT2D eigenvalue weighted by Crippen LogP contribution is -2.14. The van der Waals surface area contributed by atoms with Crippen molar-refractivity contribution < 1.29 is 0 Å². The smallest absolute Gasteiger partial charge is 0.0621 e. The number of hydrogen-bond acceptors (Lipinski definition) is 1. The van der Waals surface area contributed by atoms with Crippen LogP contribution in [0, 0.1) is 5.92 Å². The van der Waals surface area contributed by atoms with E-state index in [1.165, 1.54) is 18.4 Å². The molecule has 0 aliphatic carbocycles. The Hall–Kier alpha value is -0.0800. The van der Waals surface area contributed by atoms with Gasteiger partial charge in [0, 0.05) is 17.2 Å². The lowest BCUT2D eigenvalue weighted by atomic mass is 9.97. The normalized spacial score (nSPS) is 14.9. The van der Waals surface area contributed by atoms with Gasteiger partial charge in [0.25, 0.3) is 0 Å². The summed E-state index contributed by atoms with van der Waals surface area (Å²) in [6.45, 7) is 4.49. The number of pyridine rings is 1. The van der Waals surface area contributed by atoms with E-state index in [-0.39, 0.29) is 0 Å². The van der Waals surface area contributed by atoms with Crippen molar-refractivity contribution in [1.29, 1.82) is 0 Å². The maximum Gasteiger partial charge on any atom is 0.0621 e. The molecule has 0 fully saturated rings. The third-order valence-electron chi connectivity index (χ3n) is 2.63. The Kier molecular flexibility index (Phi) is 5.62. The summed E-state index contributed by atoms with van der Waals surface area (Å²) in [5.41, 5.74) is 1.18. The van der Waals surface area contributed by atoms with E-state index in [1.54, 1.807) is 12.4 Å². The van der Waals surface area contributed by atoms with Gasteiger partial charge < -0.3 is 0 Å². The topological polar surface area (TPSA) is 12.9 Å². The molecule has 0 spiro atoms. The zero-order valence-electron chi connectivity index (χ0n) is 9.21. The number of rotatable bonds is 5. The second-order valence-electron chi connectivity index (χ2n) is 3.95. The molecule has 3 heteroatoms. The molecule has 0 saturated heterocycles. The Balaban J connectivity index is 2.58. The van der Waals surface area contributed by atoms with Crippen molar-refractivity contribution in [3.05, 3.63) is 29.0 Å². The molecule has 0 radical (unpaired) electrons. The molecule has 0 aromatic carbocycles. The van der Waals surface area contributed by atoms with Crippen molar-refractivity contribution >= 4 is 27.5 Å². The van der Waals surface area contributed by atoms with E-state index in [4.69, 9.17) is 11.6 Å².